The van der Waals surface area contributed by atoms with Crippen molar-refractivity contribution in [2.45, 2.75) is 25.8 Å². The summed E-state index contributed by atoms with van der Waals surface area (Å²) < 4.78 is 21.4. The zero-order valence-electron chi connectivity index (χ0n) is 19.7. The fourth-order valence-electron chi connectivity index (χ4n) is 4.10. The van der Waals surface area contributed by atoms with Gasteiger partial charge in [-0.3, -0.25) is 9.59 Å². The van der Waals surface area contributed by atoms with E-state index in [2.05, 4.69) is 5.32 Å². The van der Waals surface area contributed by atoms with Gasteiger partial charge in [0.25, 0.3) is 5.91 Å². The molecular weight excluding hydrogens is 424 g/mol. The van der Waals surface area contributed by atoms with Crippen LogP contribution in [-0.4, -0.2) is 58.2 Å². The van der Waals surface area contributed by atoms with E-state index in [0.717, 1.165) is 24.2 Å². The summed E-state index contributed by atoms with van der Waals surface area (Å²) in [6.45, 7) is 1.63. The highest BCUT2D eigenvalue weighted by atomic mass is 16.5. The first-order chi connectivity index (χ1) is 16.0. The van der Waals surface area contributed by atoms with Crippen LogP contribution < -0.4 is 24.3 Å². The summed E-state index contributed by atoms with van der Waals surface area (Å²) in [5.74, 6) is 2.27. The summed E-state index contributed by atoms with van der Waals surface area (Å²) in [5.41, 5.74) is 1.43. The SMILES string of the molecule is COc1ccccc1CNC(=O)CC1CCN(C(=O)c2cc(OC)c(OC)c(OC)c2)CC1. The molecule has 0 atom stereocenters. The Labute approximate surface area is 194 Å². The van der Waals surface area contributed by atoms with Crippen LogP contribution in [0.2, 0.25) is 0 Å². The van der Waals surface area contributed by atoms with Crippen LogP contribution in [0.5, 0.6) is 23.0 Å². The molecule has 0 saturated carbocycles. The van der Waals surface area contributed by atoms with E-state index in [0.29, 0.717) is 48.9 Å². The third-order valence-electron chi connectivity index (χ3n) is 5.96. The number of likely N-dealkylation sites (tertiary alicyclic amines) is 1. The smallest absolute Gasteiger partial charge is 0.254 e. The zero-order chi connectivity index (χ0) is 23.8. The zero-order valence-corrected chi connectivity index (χ0v) is 19.7. The van der Waals surface area contributed by atoms with Crippen molar-refractivity contribution in [2.24, 2.45) is 5.92 Å². The number of nitrogens with one attached hydrogen (secondary N) is 1. The lowest BCUT2D eigenvalue weighted by Crippen LogP contribution is -2.39. The van der Waals surface area contributed by atoms with E-state index < -0.39 is 0 Å². The molecule has 0 aliphatic carbocycles. The fraction of sp³-hybridized carbons (Fsp3) is 0.440. The van der Waals surface area contributed by atoms with Crippen LogP contribution in [0.4, 0.5) is 0 Å². The molecule has 33 heavy (non-hydrogen) atoms. The molecule has 1 heterocycles. The number of nitrogens with zero attached hydrogens (tertiary/aromatic N) is 1. The quantitative estimate of drug-likeness (QED) is 0.623. The highest BCUT2D eigenvalue weighted by molar-refractivity contribution is 5.95. The summed E-state index contributed by atoms with van der Waals surface area (Å²) in [5, 5.41) is 2.98. The first kappa shape index (κ1) is 24.2. The highest BCUT2D eigenvalue weighted by Gasteiger charge is 2.27. The number of hydrogen-bond acceptors (Lipinski definition) is 6. The summed E-state index contributed by atoms with van der Waals surface area (Å²) >= 11 is 0. The van der Waals surface area contributed by atoms with Crippen molar-refractivity contribution in [2.75, 3.05) is 41.5 Å². The van der Waals surface area contributed by atoms with Crippen LogP contribution in [0.15, 0.2) is 36.4 Å². The summed E-state index contributed by atoms with van der Waals surface area (Å²) in [7, 11) is 6.19. The normalized spacial score (nSPS) is 13.9. The molecule has 1 aliphatic rings. The topological polar surface area (TPSA) is 86.3 Å². The Hall–Kier alpha value is -3.42. The summed E-state index contributed by atoms with van der Waals surface area (Å²) in [6, 6.07) is 11.0. The average Bonchev–Trinajstić information content (AvgIpc) is 2.86. The predicted molar refractivity (Wildman–Crippen MR) is 124 cm³/mol. The number of methoxy groups -OCH3 is 4. The van der Waals surface area contributed by atoms with Crippen molar-refractivity contribution < 1.29 is 28.5 Å². The Morgan fingerprint density at radius 2 is 1.52 bits per heavy atom. The minimum Gasteiger partial charge on any atom is -0.496 e. The molecule has 0 spiro atoms. The molecule has 0 radical (unpaired) electrons. The van der Waals surface area contributed by atoms with Crippen molar-refractivity contribution >= 4 is 11.8 Å². The van der Waals surface area contributed by atoms with Gasteiger partial charge in [0, 0.05) is 37.2 Å². The minimum atomic E-state index is -0.0895. The Morgan fingerprint density at radius 3 is 2.09 bits per heavy atom. The Kier molecular flexibility index (Phi) is 8.40. The molecule has 3 rings (SSSR count). The second-order valence-corrected chi connectivity index (χ2v) is 7.94. The molecule has 0 aromatic heterocycles. The average molecular weight is 457 g/mol. The largest absolute Gasteiger partial charge is 0.496 e. The fourth-order valence-corrected chi connectivity index (χ4v) is 4.10. The van der Waals surface area contributed by atoms with Crippen LogP contribution in [-0.2, 0) is 11.3 Å². The Morgan fingerprint density at radius 1 is 0.909 bits per heavy atom. The van der Waals surface area contributed by atoms with E-state index in [4.69, 9.17) is 18.9 Å². The van der Waals surface area contributed by atoms with Crippen LogP contribution in [0.25, 0.3) is 0 Å². The molecule has 0 bridgehead atoms. The van der Waals surface area contributed by atoms with Crippen LogP contribution in [0.1, 0.15) is 35.2 Å². The number of para-hydroxylation sites is 1. The lowest BCUT2D eigenvalue weighted by molar-refractivity contribution is -0.122. The first-order valence-corrected chi connectivity index (χ1v) is 11.0. The molecule has 8 heteroatoms. The van der Waals surface area contributed by atoms with Gasteiger partial charge in [0.1, 0.15) is 5.75 Å². The maximum absolute atomic E-state index is 13.1. The molecule has 2 aromatic rings. The van der Waals surface area contributed by atoms with Gasteiger partial charge in [0.05, 0.1) is 28.4 Å². The second-order valence-electron chi connectivity index (χ2n) is 7.94. The van der Waals surface area contributed by atoms with Gasteiger partial charge in [0.2, 0.25) is 11.7 Å². The van der Waals surface area contributed by atoms with Gasteiger partial charge in [0.15, 0.2) is 11.5 Å². The first-order valence-electron chi connectivity index (χ1n) is 11.0. The molecule has 2 amide bonds. The third-order valence-corrected chi connectivity index (χ3v) is 5.96. The van der Waals surface area contributed by atoms with Crippen LogP contribution >= 0.6 is 0 Å². The molecule has 1 fully saturated rings. The van der Waals surface area contributed by atoms with Gasteiger partial charge in [-0.2, -0.15) is 0 Å². The molecule has 1 saturated heterocycles. The van der Waals surface area contributed by atoms with E-state index >= 15 is 0 Å². The van der Waals surface area contributed by atoms with Crippen molar-refractivity contribution in [1.82, 2.24) is 10.2 Å². The van der Waals surface area contributed by atoms with E-state index in [-0.39, 0.29) is 17.7 Å². The molecule has 178 valence electrons. The molecule has 1 aliphatic heterocycles. The van der Waals surface area contributed by atoms with E-state index in [9.17, 15) is 9.59 Å². The van der Waals surface area contributed by atoms with Gasteiger partial charge in [-0.05, 0) is 37.0 Å². The van der Waals surface area contributed by atoms with Crippen LogP contribution in [0, 0.1) is 5.92 Å². The highest BCUT2D eigenvalue weighted by Crippen LogP contribution is 2.38. The molecular formula is C25H32N2O6. The van der Waals surface area contributed by atoms with E-state index in [1.807, 2.05) is 29.2 Å². The second kappa shape index (κ2) is 11.4. The number of ether oxygens (including phenoxy) is 4. The third kappa shape index (κ3) is 5.88. The number of hydrogen-bond donors (Lipinski definition) is 1. The number of amides is 2. The number of carbonyl (C=O) groups excluding carboxylic acids is 2. The predicted octanol–water partition coefficient (Wildman–Crippen LogP) is 3.28. The van der Waals surface area contributed by atoms with Crippen molar-refractivity contribution in [3.05, 3.63) is 47.5 Å². The summed E-state index contributed by atoms with van der Waals surface area (Å²) in [6.07, 6.45) is 2.00. The maximum atomic E-state index is 13.1. The van der Waals surface area contributed by atoms with Crippen molar-refractivity contribution in [3.8, 4) is 23.0 Å². The van der Waals surface area contributed by atoms with Crippen molar-refractivity contribution in [3.63, 3.8) is 0 Å². The molecule has 2 aromatic carbocycles. The Balaban J connectivity index is 1.53. The van der Waals surface area contributed by atoms with Gasteiger partial charge in [-0.1, -0.05) is 18.2 Å². The molecule has 0 unspecified atom stereocenters. The maximum Gasteiger partial charge on any atom is 0.254 e. The van der Waals surface area contributed by atoms with E-state index in [1.54, 1.807) is 19.2 Å². The van der Waals surface area contributed by atoms with E-state index in [1.165, 1.54) is 21.3 Å². The minimum absolute atomic E-state index is 0.00955. The lowest BCUT2D eigenvalue weighted by Gasteiger charge is -2.32. The standard InChI is InChI=1S/C25H32N2O6/c1-30-20-8-6-5-7-18(20)16-26-23(28)13-17-9-11-27(12-10-17)25(29)19-14-21(31-2)24(33-4)22(15-19)32-3/h5-8,14-15,17H,9-13,16H2,1-4H3,(H,26,28). The van der Waals surface area contributed by atoms with Gasteiger partial charge in [-0.15, -0.1) is 0 Å². The summed E-state index contributed by atoms with van der Waals surface area (Å²) in [4.78, 5) is 27.3. The van der Waals surface area contributed by atoms with Gasteiger partial charge < -0.3 is 29.2 Å². The number of carbonyl (C=O) groups is 2. The van der Waals surface area contributed by atoms with Crippen molar-refractivity contribution in [1.29, 1.82) is 0 Å². The number of piperidine rings is 1. The number of rotatable bonds is 9. The van der Waals surface area contributed by atoms with Gasteiger partial charge in [-0.25, -0.2) is 0 Å². The van der Waals surface area contributed by atoms with Crippen LogP contribution in [0.3, 0.4) is 0 Å². The number of benzene rings is 2. The Bertz CT molecular complexity index is 944. The lowest BCUT2D eigenvalue weighted by atomic mass is 9.92. The van der Waals surface area contributed by atoms with Gasteiger partial charge >= 0.3 is 0 Å². The molecule has 8 nitrogen and oxygen atoms in total. The molecule has 1 N–H and O–H groups in total. The monoisotopic (exact) mass is 456 g/mol.